The molecule has 4 rings (SSSR count). The molecule has 0 saturated carbocycles. The Morgan fingerprint density at radius 2 is 1.76 bits per heavy atom. The van der Waals surface area contributed by atoms with E-state index in [1.807, 2.05) is 0 Å². The fourth-order valence-corrected chi connectivity index (χ4v) is 5.39. The van der Waals surface area contributed by atoms with E-state index in [9.17, 15) is 22.9 Å². The highest BCUT2D eigenvalue weighted by Crippen LogP contribution is 2.40. The van der Waals surface area contributed by atoms with E-state index in [1.54, 1.807) is 49.4 Å². The maximum absolute atomic E-state index is 13.2. The number of azo groups is 1. The normalized spacial score (nSPS) is 11.7. The molecule has 0 unspecified atom stereocenters. The van der Waals surface area contributed by atoms with Gasteiger partial charge in [-0.3, -0.25) is 9.35 Å². The summed E-state index contributed by atoms with van der Waals surface area (Å²) in [6.45, 7) is 1.69. The van der Waals surface area contributed by atoms with E-state index >= 15 is 0 Å². The van der Waals surface area contributed by atoms with Crippen LogP contribution in [0.25, 0.3) is 10.8 Å². The summed E-state index contributed by atoms with van der Waals surface area (Å²) in [5, 5.41) is 23.2. The molecule has 1 amide bonds. The summed E-state index contributed by atoms with van der Waals surface area (Å²) >= 11 is 12.3. The van der Waals surface area contributed by atoms with Gasteiger partial charge in [0.25, 0.3) is 16.0 Å². The van der Waals surface area contributed by atoms with Crippen molar-refractivity contribution < 1.29 is 27.6 Å². The van der Waals surface area contributed by atoms with E-state index in [-0.39, 0.29) is 44.7 Å². The molecule has 0 atom stereocenters. The van der Waals surface area contributed by atoms with Gasteiger partial charge in [0, 0.05) is 11.5 Å². The maximum Gasteiger partial charge on any atom is 0.296 e. The number of aryl methyl sites for hydroxylation is 1. The molecule has 0 saturated heterocycles. The van der Waals surface area contributed by atoms with Gasteiger partial charge in [0.05, 0.1) is 34.1 Å². The van der Waals surface area contributed by atoms with Gasteiger partial charge >= 0.3 is 0 Å². The minimum Gasteiger partial charge on any atom is -0.505 e. The van der Waals surface area contributed by atoms with E-state index in [4.69, 9.17) is 27.9 Å². The zero-order valence-corrected chi connectivity index (χ0v) is 22.4. The SMILES string of the molecule is CCc1cc(N=Nc2c(O)c(C(=O)Nc3cc(OC)ccc3Cl)cc3ccccc23)cc(Cl)c1S(=O)(=O)O. The van der Waals surface area contributed by atoms with Gasteiger partial charge in [-0.15, -0.1) is 5.11 Å². The summed E-state index contributed by atoms with van der Waals surface area (Å²) < 4.78 is 38.2. The molecule has 3 N–H and O–H groups in total. The zero-order valence-electron chi connectivity index (χ0n) is 20.1. The third kappa shape index (κ3) is 5.58. The minimum atomic E-state index is -4.55. The Hall–Kier alpha value is -3.70. The Labute approximate surface area is 228 Å². The molecular weight excluding hydrogens is 553 g/mol. The largest absolute Gasteiger partial charge is 0.505 e. The van der Waals surface area contributed by atoms with Crippen LogP contribution in [0.4, 0.5) is 17.1 Å². The highest BCUT2D eigenvalue weighted by molar-refractivity contribution is 7.86. The first-order chi connectivity index (χ1) is 18.0. The van der Waals surface area contributed by atoms with Crippen molar-refractivity contribution in [1.29, 1.82) is 0 Å². The van der Waals surface area contributed by atoms with Crippen LogP contribution in [0.5, 0.6) is 11.5 Å². The van der Waals surface area contributed by atoms with Gasteiger partial charge in [0.15, 0.2) is 5.75 Å². The Kier molecular flexibility index (Phi) is 7.89. The van der Waals surface area contributed by atoms with Gasteiger partial charge in [-0.25, -0.2) is 0 Å². The number of hydrogen-bond donors (Lipinski definition) is 3. The lowest BCUT2D eigenvalue weighted by Gasteiger charge is -2.13. The number of halogens is 2. The van der Waals surface area contributed by atoms with Gasteiger partial charge in [0.2, 0.25) is 0 Å². The number of phenols is 1. The Bertz CT molecular complexity index is 1710. The monoisotopic (exact) mass is 573 g/mol. The minimum absolute atomic E-state index is 0.0121. The molecule has 0 aliphatic heterocycles. The molecule has 0 heterocycles. The van der Waals surface area contributed by atoms with Gasteiger partial charge in [-0.1, -0.05) is 54.4 Å². The Morgan fingerprint density at radius 1 is 1.03 bits per heavy atom. The molecule has 38 heavy (non-hydrogen) atoms. The highest BCUT2D eigenvalue weighted by atomic mass is 35.5. The molecule has 4 aromatic carbocycles. The average Bonchev–Trinajstić information content (AvgIpc) is 2.87. The van der Waals surface area contributed by atoms with Crippen LogP contribution in [-0.4, -0.2) is 31.1 Å². The first-order valence-electron chi connectivity index (χ1n) is 11.1. The number of phenolic OH excluding ortho intramolecular Hbond substituents is 1. The van der Waals surface area contributed by atoms with Gasteiger partial charge in [0.1, 0.15) is 16.3 Å². The lowest BCUT2D eigenvalue weighted by atomic mass is 10.0. The Morgan fingerprint density at radius 3 is 2.45 bits per heavy atom. The van der Waals surface area contributed by atoms with Crippen molar-refractivity contribution in [3.63, 3.8) is 0 Å². The number of rotatable bonds is 7. The van der Waals surface area contributed by atoms with E-state index < -0.39 is 26.7 Å². The number of fused-ring (bicyclic) bond motifs is 1. The standard InChI is InChI=1S/C26H21Cl2N3O6S/c1-3-14-10-16(12-21(28)25(14)38(34,35)36)30-31-23-18-7-5-4-6-15(18)11-19(24(23)32)26(33)29-22-13-17(37-2)8-9-20(22)27/h4-13,32H,3H2,1-2H3,(H,29,33)(H,34,35,36). The van der Waals surface area contributed by atoms with Crippen LogP contribution in [0.1, 0.15) is 22.8 Å². The smallest absolute Gasteiger partial charge is 0.296 e. The summed E-state index contributed by atoms with van der Waals surface area (Å²) in [5.41, 5.74) is 0.642. The van der Waals surface area contributed by atoms with Gasteiger partial charge in [-0.05, 0) is 47.7 Å². The molecule has 4 aromatic rings. The van der Waals surface area contributed by atoms with E-state index in [1.165, 1.54) is 25.3 Å². The molecule has 0 aromatic heterocycles. The predicted octanol–water partition coefficient (Wildman–Crippen LogP) is 7.34. The molecule has 0 aliphatic rings. The number of carbonyl (C=O) groups is 1. The number of ether oxygens (including phenoxy) is 1. The highest BCUT2D eigenvalue weighted by Gasteiger charge is 2.21. The number of hydrogen-bond acceptors (Lipinski definition) is 7. The number of nitrogens with zero attached hydrogens (tertiary/aromatic N) is 2. The maximum atomic E-state index is 13.2. The summed E-state index contributed by atoms with van der Waals surface area (Å²) in [6, 6.07) is 15.9. The van der Waals surface area contributed by atoms with E-state index in [0.29, 0.717) is 16.5 Å². The van der Waals surface area contributed by atoms with Crippen LogP contribution in [0.3, 0.4) is 0 Å². The molecular formula is C26H21Cl2N3O6S. The molecule has 0 radical (unpaired) electrons. The lowest BCUT2D eigenvalue weighted by molar-refractivity contribution is 0.102. The molecule has 9 nitrogen and oxygen atoms in total. The molecule has 0 aliphatic carbocycles. The van der Waals surface area contributed by atoms with Crippen molar-refractivity contribution >= 4 is 67.1 Å². The van der Waals surface area contributed by atoms with Gasteiger partial charge in [-0.2, -0.15) is 13.5 Å². The number of nitrogens with one attached hydrogen (secondary N) is 1. The van der Waals surface area contributed by atoms with Crippen molar-refractivity contribution in [2.45, 2.75) is 18.2 Å². The molecule has 12 heteroatoms. The summed E-state index contributed by atoms with van der Waals surface area (Å²) in [6.07, 6.45) is 0.245. The lowest BCUT2D eigenvalue weighted by Crippen LogP contribution is -2.12. The summed E-state index contributed by atoms with van der Waals surface area (Å²) in [5.74, 6) is -0.596. The van der Waals surface area contributed by atoms with Crippen LogP contribution in [0, 0.1) is 0 Å². The topological polar surface area (TPSA) is 138 Å². The fourth-order valence-electron chi connectivity index (χ4n) is 3.86. The number of methoxy groups -OCH3 is 1. The third-order valence-electron chi connectivity index (χ3n) is 5.67. The zero-order chi connectivity index (χ0) is 27.6. The Balaban J connectivity index is 1.79. The summed E-state index contributed by atoms with van der Waals surface area (Å²) in [4.78, 5) is 12.8. The van der Waals surface area contributed by atoms with Crippen molar-refractivity contribution in [3.05, 3.63) is 81.8 Å². The molecule has 0 bridgehead atoms. The quantitative estimate of drug-likeness (QED) is 0.156. The van der Waals surface area contributed by atoms with Crippen molar-refractivity contribution in [3.8, 4) is 11.5 Å². The van der Waals surface area contributed by atoms with Gasteiger partial charge < -0.3 is 15.2 Å². The first kappa shape index (κ1) is 27.3. The molecule has 0 spiro atoms. The number of benzene rings is 4. The number of carbonyl (C=O) groups excluding carboxylic acids is 1. The molecule has 0 fully saturated rings. The van der Waals surface area contributed by atoms with Crippen LogP contribution >= 0.6 is 23.2 Å². The third-order valence-corrected chi connectivity index (χ3v) is 7.41. The van der Waals surface area contributed by atoms with Crippen LogP contribution < -0.4 is 10.1 Å². The van der Waals surface area contributed by atoms with Crippen molar-refractivity contribution in [2.24, 2.45) is 10.2 Å². The second kappa shape index (κ2) is 11.0. The fraction of sp³-hybridized carbons (Fsp3) is 0.115. The van der Waals surface area contributed by atoms with Crippen LogP contribution in [-0.2, 0) is 16.5 Å². The predicted molar refractivity (Wildman–Crippen MR) is 146 cm³/mol. The number of amides is 1. The second-order valence-electron chi connectivity index (χ2n) is 8.09. The number of anilines is 1. The second-order valence-corrected chi connectivity index (χ2v) is 10.3. The van der Waals surface area contributed by atoms with E-state index in [0.717, 1.165) is 0 Å². The van der Waals surface area contributed by atoms with Crippen LogP contribution in [0.2, 0.25) is 10.0 Å². The van der Waals surface area contributed by atoms with Crippen molar-refractivity contribution in [1.82, 2.24) is 0 Å². The first-order valence-corrected chi connectivity index (χ1v) is 13.3. The average molecular weight is 574 g/mol. The molecule has 196 valence electrons. The van der Waals surface area contributed by atoms with Crippen LogP contribution in [0.15, 0.2) is 75.8 Å². The van der Waals surface area contributed by atoms with Crippen molar-refractivity contribution in [2.75, 3.05) is 12.4 Å². The van der Waals surface area contributed by atoms with E-state index in [2.05, 4.69) is 15.5 Å². The summed E-state index contributed by atoms with van der Waals surface area (Å²) in [7, 11) is -3.07. The number of aromatic hydroxyl groups is 1.